The molecule has 0 aromatic carbocycles. The number of allylic oxidation sites excluding steroid dienone is 1. The van der Waals surface area contributed by atoms with Crippen LogP contribution < -0.4 is 21.3 Å². The van der Waals surface area contributed by atoms with E-state index in [-0.39, 0.29) is 68.8 Å². The molecule has 0 saturated carbocycles. The number of aliphatic hydroxyl groups excluding tert-OH is 2. The number of hydrogen-bond donors (Lipinski definition) is 6. The van der Waals surface area contributed by atoms with Crippen LogP contribution in [0, 0.1) is 41.4 Å². The van der Waals surface area contributed by atoms with Crippen LogP contribution >= 0.6 is 0 Å². The smallest absolute Gasteiger partial charge is 0.246 e. The summed E-state index contributed by atoms with van der Waals surface area (Å²) in [4.78, 5) is 169. The lowest BCUT2D eigenvalue weighted by Crippen LogP contribution is -2.63. The Kier molecular flexibility index (Phi) is 32.9. The summed E-state index contributed by atoms with van der Waals surface area (Å²) in [5.41, 5.74) is 0. The molecule has 24 heteroatoms. The molecular weight excluding hydrogens is 1120 g/mol. The third-order valence-corrected chi connectivity index (χ3v) is 16.3. The summed E-state index contributed by atoms with van der Waals surface area (Å²) in [6.45, 7) is 27.2. The van der Waals surface area contributed by atoms with Crippen molar-refractivity contribution in [3.05, 3.63) is 12.2 Å². The van der Waals surface area contributed by atoms with Crippen LogP contribution in [0.3, 0.4) is 0 Å². The van der Waals surface area contributed by atoms with Crippen LogP contribution in [-0.2, 0) is 52.7 Å². The number of hydrogen-bond acceptors (Lipinski definition) is 13. The molecule has 1 fully saturated rings. The molecule has 1 aliphatic heterocycles. The van der Waals surface area contributed by atoms with Crippen molar-refractivity contribution in [2.24, 2.45) is 41.4 Å². The summed E-state index contributed by atoms with van der Waals surface area (Å²) in [7, 11) is 9.84. The van der Waals surface area contributed by atoms with Crippen molar-refractivity contribution in [1.82, 2.24) is 55.6 Å². The molecule has 0 aromatic heterocycles. The minimum atomic E-state index is -1.67. The van der Waals surface area contributed by atoms with Crippen molar-refractivity contribution in [2.45, 2.75) is 222 Å². The predicted molar refractivity (Wildman–Crippen MR) is 334 cm³/mol. The van der Waals surface area contributed by atoms with Gasteiger partial charge in [-0.3, -0.25) is 52.7 Å². The van der Waals surface area contributed by atoms with Crippen LogP contribution in [0.2, 0.25) is 0 Å². The Bertz CT molecular complexity index is 2360. The fourth-order valence-electron chi connectivity index (χ4n) is 10.9. The van der Waals surface area contributed by atoms with E-state index in [2.05, 4.69) is 21.3 Å². The SMILES string of the molecule is CCC[C@@H]1NC(=O)[C@H]([C@H](O)[C@H](C)C/C=C/CO)N(C)C(=O)[C@H](C(C)C)N(C)C(=O)[C@H](CC(C)C)N(C)C(=O)[C@H](CC(C)C)N(C)C(=O)[C@@H](C)NC(=O)[C@H](C)NC(=O)[C@H](CC(C)C)N(C)C(=O)[C@H](C(C)C)NC(=O)[C@H](CC(C)C)N(C)C(=O)CN(C)C1=O. The van der Waals surface area contributed by atoms with Gasteiger partial charge in [-0.25, -0.2) is 0 Å². The first kappa shape index (κ1) is 78.8. The van der Waals surface area contributed by atoms with Gasteiger partial charge in [0.1, 0.15) is 60.4 Å². The topological polar surface area (TPSA) is 299 Å². The zero-order valence-electron chi connectivity index (χ0n) is 56.9. The lowest BCUT2D eigenvalue weighted by atomic mass is 9.91. The van der Waals surface area contributed by atoms with E-state index in [4.69, 9.17) is 0 Å². The van der Waals surface area contributed by atoms with Gasteiger partial charge in [-0.1, -0.05) is 116 Å². The maximum absolute atomic E-state index is 15.2. The lowest BCUT2D eigenvalue weighted by molar-refractivity contribution is -0.157. The van der Waals surface area contributed by atoms with E-state index in [1.165, 1.54) is 93.8 Å². The average molecular weight is 1230 g/mol. The second-order valence-corrected chi connectivity index (χ2v) is 26.6. The highest BCUT2D eigenvalue weighted by Crippen LogP contribution is 2.26. The van der Waals surface area contributed by atoms with Crippen LogP contribution in [0.15, 0.2) is 12.2 Å². The maximum atomic E-state index is 15.2. The molecule has 1 aliphatic rings. The minimum Gasteiger partial charge on any atom is -0.392 e. The Morgan fingerprint density at radius 1 is 0.460 bits per heavy atom. The number of rotatable bonds is 17. The van der Waals surface area contributed by atoms with Gasteiger partial charge in [-0.15, -0.1) is 0 Å². The van der Waals surface area contributed by atoms with Crippen LogP contribution in [0.4, 0.5) is 0 Å². The molecule has 498 valence electrons. The lowest BCUT2D eigenvalue weighted by Gasteiger charge is -2.41. The summed E-state index contributed by atoms with van der Waals surface area (Å²) in [5.74, 6) is -10.1. The second kappa shape index (κ2) is 36.3. The first-order valence-electron chi connectivity index (χ1n) is 31.2. The molecule has 11 amide bonds. The van der Waals surface area contributed by atoms with Gasteiger partial charge >= 0.3 is 0 Å². The molecule has 1 heterocycles. The number of likely N-dealkylation sites (N-methyl/N-ethyl adjacent to an activating group) is 7. The van der Waals surface area contributed by atoms with Gasteiger partial charge in [0.25, 0.3) is 0 Å². The first-order valence-corrected chi connectivity index (χ1v) is 31.2. The highest BCUT2D eigenvalue weighted by Gasteiger charge is 2.46. The molecule has 0 bridgehead atoms. The summed E-state index contributed by atoms with van der Waals surface area (Å²) >= 11 is 0. The monoisotopic (exact) mass is 1230 g/mol. The van der Waals surface area contributed by atoms with Gasteiger partial charge < -0.3 is 65.8 Å². The normalized spacial score (nSPS) is 26.6. The van der Waals surface area contributed by atoms with E-state index < -0.39 is 156 Å². The van der Waals surface area contributed by atoms with E-state index in [1.54, 1.807) is 47.6 Å². The molecule has 0 radical (unpaired) electrons. The molecule has 87 heavy (non-hydrogen) atoms. The van der Waals surface area contributed by atoms with Crippen molar-refractivity contribution >= 4 is 65.0 Å². The van der Waals surface area contributed by atoms with Crippen molar-refractivity contribution in [3.63, 3.8) is 0 Å². The third kappa shape index (κ3) is 22.7. The Hall–Kier alpha value is -6.17. The number of nitrogens with one attached hydrogen (secondary N) is 4. The maximum Gasteiger partial charge on any atom is 0.246 e. The number of nitrogens with zero attached hydrogens (tertiary/aromatic N) is 7. The van der Waals surface area contributed by atoms with Gasteiger partial charge in [0, 0.05) is 49.3 Å². The van der Waals surface area contributed by atoms with Crippen molar-refractivity contribution in [1.29, 1.82) is 0 Å². The largest absolute Gasteiger partial charge is 0.392 e. The van der Waals surface area contributed by atoms with E-state index in [9.17, 15) is 53.4 Å². The molecule has 12 atom stereocenters. The molecule has 0 unspecified atom stereocenters. The standard InChI is InChI=1S/C63H113N11O13/c1-24-27-44-59(83)68(17)34-49(76)69(18)45(30-35(2)3)56(80)67-50(39(10)11)62(86)70(19)46(31-36(4)5)55(79)64-42(15)54(78)65-43(16)58(82)71(20)47(32-37(6)7)60(84)72(21)48(33-38(8)9)61(85)73(22)51(40(12)13)63(87)74(23)52(57(81)66-44)53(77)41(14)28-25-26-29-75/h25-26,35-48,50-53,75,77H,24,27-34H2,1-23H3,(H,64,79)(H,65,78)(H,66,81)(H,67,80)/b26-25+/t41-,42+,43-,44+,45+,46+,47+,48+,50+,51+,52+,53-/m1/s1. The molecule has 1 saturated heterocycles. The van der Waals surface area contributed by atoms with Crippen LogP contribution in [0.1, 0.15) is 156 Å². The minimum absolute atomic E-state index is 0.0652. The molecule has 0 aromatic rings. The van der Waals surface area contributed by atoms with E-state index in [1.807, 2.05) is 55.4 Å². The van der Waals surface area contributed by atoms with Gasteiger partial charge in [-0.2, -0.15) is 0 Å². The Morgan fingerprint density at radius 2 is 0.885 bits per heavy atom. The Morgan fingerprint density at radius 3 is 1.34 bits per heavy atom. The van der Waals surface area contributed by atoms with Crippen LogP contribution in [0.25, 0.3) is 0 Å². The summed E-state index contributed by atoms with van der Waals surface area (Å²) < 4.78 is 0. The Balaban J connectivity index is 4.37. The second-order valence-electron chi connectivity index (χ2n) is 26.6. The van der Waals surface area contributed by atoms with Gasteiger partial charge in [0.05, 0.1) is 19.3 Å². The van der Waals surface area contributed by atoms with Gasteiger partial charge in [0.15, 0.2) is 0 Å². The summed E-state index contributed by atoms with van der Waals surface area (Å²) in [5, 5.41) is 32.6. The fraction of sp³-hybridized carbons (Fsp3) is 0.794. The van der Waals surface area contributed by atoms with Crippen LogP contribution in [-0.4, -0.2) is 238 Å². The Labute approximate surface area is 520 Å². The number of aliphatic hydroxyl groups is 2. The van der Waals surface area contributed by atoms with Gasteiger partial charge in [-0.05, 0) is 93.8 Å². The third-order valence-electron chi connectivity index (χ3n) is 16.3. The van der Waals surface area contributed by atoms with Crippen molar-refractivity contribution < 1.29 is 63.0 Å². The van der Waals surface area contributed by atoms with Crippen LogP contribution in [0.5, 0.6) is 0 Å². The van der Waals surface area contributed by atoms with Gasteiger partial charge in [0.2, 0.25) is 65.0 Å². The first-order chi connectivity index (χ1) is 40.2. The highest BCUT2D eigenvalue weighted by atomic mass is 16.3. The summed E-state index contributed by atoms with van der Waals surface area (Å²) in [6.07, 6.45) is 2.67. The molecule has 1 rings (SSSR count). The van der Waals surface area contributed by atoms with E-state index in [0.29, 0.717) is 6.42 Å². The average Bonchev–Trinajstić information content (AvgIpc) is 1.79. The molecular formula is C63H113N11O13. The molecule has 24 nitrogen and oxygen atoms in total. The van der Waals surface area contributed by atoms with Crippen molar-refractivity contribution in [2.75, 3.05) is 62.5 Å². The highest BCUT2D eigenvalue weighted by molar-refractivity contribution is 5.99. The quantitative estimate of drug-likeness (QED) is 0.114. The zero-order chi connectivity index (χ0) is 67.4. The van der Waals surface area contributed by atoms with E-state index in [0.717, 1.165) is 9.80 Å². The summed E-state index contributed by atoms with van der Waals surface area (Å²) in [6, 6.07) is -12.5. The van der Waals surface area contributed by atoms with E-state index >= 15 is 9.59 Å². The van der Waals surface area contributed by atoms with Crippen molar-refractivity contribution in [3.8, 4) is 0 Å². The fourth-order valence-corrected chi connectivity index (χ4v) is 10.9. The number of carbonyl (C=O) groups excluding carboxylic acids is 11. The molecule has 0 aliphatic carbocycles. The zero-order valence-corrected chi connectivity index (χ0v) is 56.9. The molecule has 6 N–H and O–H groups in total. The number of amides is 11. The predicted octanol–water partition coefficient (Wildman–Crippen LogP) is 2.63. The molecule has 0 spiro atoms. The number of carbonyl (C=O) groups is 11.